The van der Waals surface area contributed by atoms with E-state index in [-0.39, 0.29) is 0 Å². The molecule has 1 N–H and O–H groups in total. The summed E-state index contributed by atoms with van der Waals surface area (Å²) in [5.74, 6) is 1.79. The van der Waals surface area contributed by atoms with Crippen molar-refractivity contribution in [3.05, 3.63) is 77.2 Å². The predicted molar refractivity (Wildman–Crippen MR) is 124 cm³/mol. The molecule has 0 saturated carbocycles. The number of nitrogens with zero attached hydrogens (tertiary/aromatic N) is 6. The van der Waals surface area contributed by atoms with Crippen molar-refractivity contribution in [2.45, 2.75) is 26.9 Å². The zero-order chi connectivity index (χ0) is 21.6. The third-order valence-corrected chi connectivity index (χ3v) is 5.62. The van der Waals surface area contributed by atoms with E-state index in [1.807, 2.05) is 37.8 Å². The van der Waals surface area contributed by atoms with Crippen LogP contribution in [0.1, 0.15) is 22.5 Å². The van der Waals surface area contributed by atoms with Crippen molar-refractivity contribution < 1.29 is 0 Å². The highest BCUT2D eigenvalue weighted by Gasteiger charge is 2.19. The molecule has 0 atom stereocenters. The van der Waals surface area contributed by atoms with Gasteiger partial charge in [-0.15, -0.1) is 0 Å². The molecule has 2 aromatic heterocycles. The van der Waals surface area contributed by atoms with Crippen LogP contribution in [-0.4, -0.2) is 63.8 Å². The van der Waals surface area contributed by atoms with E-state index >= 15 is 0 Å². The standard InChI is InChI=1S/C24H31N7/c1-19-15-20(2)31(28-19)23-10-9-22(16-26-23)17-27-24(25-3)30-13-11-29(12-14-30)18-21-7-5-4-6-8-21/h4-10,15-16H,11-14,17-18H2,1-3H3,(H,25,27). The first-order valence-corrected chi connectivity index (χ1v) is 10.8. The van der Waals surface area contributed by atoms with E-state index in [9.17, 15) is 0 Å². The highest BCUT2D eigenvalue weighted by atomic mass is 15.3. The van der Waals surface area contributed by atoms with Gasteiger partial charge in [-0.25, -0.2) is 9.67 Å². The molecular formula is C24H31N7. The Morgan fingerprint density at radius 1 is 1.00 bits per heavy atom. The minimum absolute atomic E-state index is 0.696. The summed E-state index contributed by atoms with van der Waals surface area (Å²) in [5.41, 5.74) is 4.57. The number of aromatic nitrogens is 3. The molecule has 1 aliphatic rings. The second-order valence-electron chi connectivity index (χ2n) is 8.01. The topological polar surface area (TPSA) is 61.6 Å². The lowest BCUT2D eigenvalue weighted by molar-refractivity contribution is 0.172. The Morgan fingerprint density at radius 2 is 1.77 bits per heavy atom. The molecule has 3 heterocycles. The average molecular weight is 418 g/mol. The third-order valence-electron chi connectivity index (χ3n) is 5.62. The van der Waals surface area contributed by atoms with Gasteiger partial charge in [-0.3, -0.25) is 9.89 Å². The van der Waals surface area contributed by atoms with Crippen molar-refractivity contribution >= 4 is 5.96 Å². The van der Waals surface area contributed by atoms with E-state index in [4.69, 9.17) is 0 Å². The van der Waals surface area contributed by atoms with Crippen molar-refractivity contribution in [1.82, 2.24) is 29.9 Å². The van der Waals surface area contributed by atoms with Crippen molar-refractivity contribution in [1.29, 1.82) is 0 Å². The van der Waals surface area contributed by atoms with E-state index < -0.39 is 0 Å². The highest BCUT2D eigenvalue weighted by Crippen LogP contribution is 2.11. The summed E-state index contributed by atoms with van der Waals surface area (Å²) in [6.07, 6.45) is 1.91. The normalized spacial score (nSPS) is 15.3. The quantitative estimate of drug-likeness (QED) is 0.511. The molecule has 31 heavy (non-hydrogen) atoms. The molecule has 0 aliphatic carbocycles. The smallest absolute Gasteiger partial charge is 0.194 e. The third kappa shape index (κ3) is 5.30. The van der Waals surface area contributed by atoms with E-state index in [1.165, 1.54) is 5.56 Å². The Morgan fingerprint density at radius 3 is 2.39 bits per heavy atom. The second kappa shape index (κ2) is 9.75. The molecule has 7 heteroatoms. The van der Waals surface area contributed by atoms with Crippen LogP contribution in [0.4, 0.5) is 0 Å². The van der Waals surface area contributed by atoms with Crippen LogP contribution in [0.3, 0.4) is 0 Å². The van der Waals surface area contributed by atoms with Gasteiger partial charge in [0, 0.05) is 58.2 Å². The van der Waals surface area contributed by atoms with Gasteiger partial charge < -0.3 is 10.2 Å². The van der Waals surface area contributed by atoms with Crippen LogP contribution in [0.2, 0.25) is 0 Å². The van der Waals surface area contributed by atoms with Gasteiger partial charge in [0.2, 0.25) is 0 Å². The molecular weight excluding hydrogens is 386 g/mol. The second-order valence-corrected chi connectivity index (χ2v) is 8.01. The molecule has 4 rings (SSSR count). The van der Waals surface area contributed by atoms with E-state index in [0.29, 0.717) is 6.54 Å². The number of piperazine rings is 1. The number of guanidine groups is 1. The minimum Gasteiger partial charge on any atom is -0.352 e. The van der Waals surface area contributed by atoms with Crippen LogP contribution in [-0.2, 0) is 13.1 Å². The largest absolute Gasteiger partial charge is 0.352 e. The van der Waals surface area contributed by atoms with Crippen LogP contribution in [0, 0.1) is 13.8 Å². The molecule has 0 unspecified atom stereocenters. The lowest BCUT2D eigenvalue weighted by Crippen LogP contribution is -2.52. The van der Waals surface area contributed by atoms with Crippen LogP contribution >= 0.6 is 0 Å². The van der Waals surface area contributed by atoms with Gasteiger partial charge in [0.25, 0.3) is 0 Å². The molecule has 0 bridgehead atoms. The molecule has 1 saturated heterocycles. The summed E-state index contributed by atoms with van der Waals surface area (Å²) in [7, 11) is 1.85. The van der Waals surface area contributed by atoms with Crippen LogP contribution in [0.25, 0.3) is 5.82 Å². The molecule has 1 aliphatic heterocycles. The number of hydrogen-bond donors (Lipinski definition) is 1. The maximum Gasteiger partial charge on any atom is 0.194 e. The predicted octanol–water partition coefficient (Wildman–Crippen LogP) is 2.78. The van der Waals surface area contributed by atoms with E-state index in [0.717, 1.165) is 61.5 Å². The zero-order valence-corrected chi connectivity index (χ0v) is 18.6. The number of benzene rings is 1. The molecule has 162 valence electrons. The minimum atomic E-state index is 0.696. The maximum atomic E-state index is 4.59. The first kappa shape index (κ1) is 21.1. The molecule has 1 fully saturated rings. The Balaban J connectivity index is 1.28. The summed E-state index contributed by atoms with van der Waals surface area (Å²) < 4.78 is 1.88. The molecule has 0 amide bonds. The van der Waals surface area contributed by atoms with Gasteiger partial charge >= 0.3 is 0 Å². The fraction of sp³-hybridized carbons (Fsp3) is 0.375. The van der Waals surface area contributed by atoms with Crippen molar-refractivity contribution in [2.24, 2.45) is 4.99 Å². The summed E-state index contributed by atoms with van der Waals surface area (Å²) in [4.78, 5) is 13.9. The van der Waals surface area contributed by atoms with Crippen molar-refractivity contribution in [3.63, 3.8) is 0 Å². The monoisotopic (exact) mass is 417 g/mol. The van der Waals surface area contributed by atoms with Gasteiger partial charge in [-0.1, -0.05) is 36.4 Å². The number of aliphatic imine (C=N–C) groups is 1. The summed E-state index contributed by atoms with van der Waals surface area (Å²) >= 11 is 0. The Hall–Kier alpha value is -3.19. The Kier molecular flexibility index (Phi) is 6.62. The SMILES string of the molecule is CN=C(NCc1ccc(-n2nc(C)cc2C)nc1)N1CCN(Cc2ccccc2)CC1. The fourth-order valence-corrected chi connectivity index (χ4v) is 3.98. The average Bonchev–Trinajstić information content (AvgIpc) is 3.14. The zero-order valence-electron chi connectivity index (χ0n) is 18.6. The molecule has 7 nitrogen and oxygen atoms in total. The van der Waals surface area contributed by atoms with Crippen molar-refractivity contribution in [2.75, 3.05) is 33.2 Å². The Bertz CT molecular complexity index is 1000. The summed E-state index contributed by atoms with van der Waals surface area (Å²) in [5, 5.41) is 7.99. The van der Waals surface area contributed by atoms with Crippen LogP contribution < -0.4 is 5.32 Å². The summed E-state index contributed by atoms with van der Waals surface area (Å²) in [6, 6.07) is 16.8. The Labute approximate surface area is 184 Å². The molecule has 1 aromatic carbocycles. The van der Waals surface area contributed by atoms with Gasteiger partial charge in [-0.2, -0.15) is 5.10 Å². The number of aryl methyl sites for hydroxylation is 2. The van der Waals surface area contributed by atoms with Crippen LogP contribution in [0.15, 0.2) is 59.7 Å². The number of hydrogen-bond acceptors (Lipinski definition) is 4. The van der Waals surface area contributed by atoms with Gasteiger partial charge in [-0.05, 0) is 37.1 Å². The number of pyridine rings is 1. The lowest BCUT2D eigenvalue weighted by atomic mass is 10.2. The number of rotatable bonds is 5. The lowest BCUT2D eigenvalue weighted by Gasteiger charge is -2.36. The van der Waals surface area contributed by atoms with Gasteiger partial charge in [0.1, 0.15) is 0 Å². The van der Waals surface area contributed by atoms with Crippen LogP contribution in [0.5, 0.6) is 0 Å². The summed E-state index contributed by atoms with van der Waals surface area (Å²) in [6.45, 7) is 9.76. The first-order chi connectivity index (χ1) is 15.1. The maximum absolute atomic E-state index is 4.59. The molecule has 0 radical (unpaired) electrons. The van der Waals surface area contributed by atoms with Crippen molar-refractivity contribution in [3.8, 4) is 5.82 Å². The molecule has 3 aromatic rings. The fourth-order valence-electron chi connectivity index (χ4n) is 3.98. The van der Waals surface area contributed by atoms with Gasteiger partial charge in [0.15, 0.2) is 11.8 Å². The van der Waals surface area contributed by atoms with Gasteiger partial charge in [0.05, 0.1) is 5.69 Å². The van der Waals surface area contributed by atoms with E-state index in [2.05, 4.69) is 72.7 Å². The first-order valence-electron chi connectivity index (χ1n) is 10.8. The molecule has 0 spiro atoms. The highest BCUT2D eigenvalue weighted by molar-refractivity contribution is 5.80. The van der Waals surface area contributed by atoms with E-state index in [1.54, 1.807) is 0 Å². The number of nitrogens with one attached hydrogen (secondary N) is 1.